The first-order chi connectivity index (χ1) is 11.0. The predicted molar refractivity (Wildman–Crippen MR) is 88.3 cm³/mol. The Morgan fingerprint density at radius 2 is 2.17 bits per heavy atom. The average molecular weight is 314 g/mol. The molecule has 1 aromatic carbocycles. The lowest BCUT2D eigenvalue weighted by atomic mass is 9.95. The normalized spacial score (nSPS) is 15.3. The van der Waals surface area contributed by atoms with Crippen LogP contribution in [0.2, 0.25) is 0 Å². The summed E-state index contributed by atoms with van der Waals surface area (Å²) in [6, 6.07) is 4.16. The average Bonchev–Trinajstić information content (AvgIpc) is 2.88. The van der Waals surface area contributed by atoms with Gasteiger partial charge in [0.1, 0.15) is 5.58 Å². The standard InChI is InChI=1S/C18H22N2O3/c1-11(2)14-8-15-13(10-23-16(15)6-12(14)3)7-18(22)20-5-4-19-17(21)9-20/h6,8,10-11H,4-5,7,9H2,1-3H3,(H,19,21). The van der Waals surface area contributed by atoms with Crippen molar-refractivity contribution in [3.8, 4) is 0 Å². The molecule has 0 unspecified atom stereocenters. The van der Waals surface area contributed by atoms with Gasteiger partial charge in [0, 0.05) is 24.0 Å². The first kappa shape index (κ1) is 15.6. The molecule has 0 bridgehead atoms. The van der Waals surface area contributed by atoms with Crippen LogP contribution in [0.4, 0.5) is 0 Å². The molecule has 1 fully saturated rings. The van der Waals surface area contributed by atoms with E-state index in [1.54, 1.807) is 11.2 Å². The van der Waals surface area contributed by atoms with E-state index in [4.69, 9.17) is 4.42 Å². The van der Waals surface area contributed by atoms with E-state index < -0.39 is 0 Å². The van der Waals surface area contributed by atoms with Gasteiger partial charge in [-0.25, -0.2) is 0 Å². The smallest absolute Gasteiger partial charge is 0.239 e. The minimum Gasteiger partial charge on any atom is -0.464 e. The highest BCUT2D eigenvalue weighted by atomic mass is 16.3. The van der Waals surface area contributed by atoms with Crippen molar-refractivity contribution in [2.75, 3.05) is 19.6 Å². The third-order valence-electron chi connectivity index (χ3n) is 4.40. The van der Waals surface area contributed by atoms with Crippen molar-refractivity contribution < 1.29 is 14.0 Å². The van der Waals surface area contributed by atoms with Crippen molar-refractivity contribution in [2.24, 2.45) is 0 Å². The molecule has 0 atom stereocenters. The minimum absolute atomic E-state index is 0.0331. The van der Waals surface area contributed by atoms with Gasteiger partial charge in [-0.05, 0) is 36.1 Å². The van der Waals surface area contributed by atoms with Crippen LogP contribution in [0.3, 0.4) is 0 Å². The molecule has 3 rings (SSSR count). The Bertz CT molecular complexity index is 761. The van der Waals surface area contributed by atoms with Gasteiger partial charge in [-0.1, -0.05) is 13.8 Å². The number of hydrogen-bond acceptors (Lipinski definition) is 3. The van der Waals surface area contributed by atoms with Crippen LogP contribution in [0.15, 0.2) is 22.8 Å². The van der Waals surface area contributed by atoms with Gasteiger partial charge in [-0.2, -0.15) is 0 Å². The third-order valence-corrected chi connectivity index (χ3v) is 4.40. The molecule has 1 N–H and O–H groups in total. The summed E-state index contributed by atoms with van der Waals surface area (Å²) in [5, 5.41) is 3.72. The largest absolute Gasteiger partial charge is 0.464 e. The SMILES string of the molecule is Cc1cc2occ(CC(=O)N3CCNC(=O)C3)c2cc1C(C)C. The van der Waals surface area contributed by atoms with Gasteiger partial charge in [0.15, 0.2) is 0 Å². The second-order valence-electron chi connectivity index (χ2n) is 6.46. The molecular weight excluding hydrogens is 292 g/mol. The number of piperazine rings is 1. The molecule has 0 saturated carbocycles. The van der Waals surface area contributed by atoms with Crippen molar-refractivity contribution in [1.29, 1.82) is 0 Å². The van der Waals surface area contributed by atoms with E-state index in [1.807, 2.05) is 6.07 Å². The summed E-state index contributed by atoms with van der Waals surface area (Å²) in [7, 11) is 0. The van der Waals surface area contributed by atoms with E-state index in [2.05, 4.69) is 32.2 Å². The molecular formula is C18H22N2O3. The Labute approximate surface area is 135 Å². The van der Waals surface area contributed by atoms with Gasteiger partial charge in [0.2, 0.25) is 11.8 Å². The first-order valence-corrected chi connectivity index (χ1v) is 8.01. The van der Waals surface area contributed by atoms with Crippen LogP contribution in [0.5, 0.6) is 0 Å². The van der Waals surface area contributed by atoms with Crippen LogP contribution in [0.1, 0.15) is 36.5 Å². The second kappa shape index (κ2) is 6.07. The summed E-state index contributed by atoms with van der Waals surface area (Å²) < 4.78 is 5.62. The molecule has 5 heteroatoms. The number of benzene rings is 1. The molecule has 2 amide bonds. The van der Waals surface area contributed by atoms with Gasteiger partial charge < -0.3 is 14.6 Å². The van der Waals surface area contributed by atoms with Crippen molar-refractivity contribution in [3.63, 3.8) is 0 Å². The van der Waals surface area contributed by atoms with Crippen molar-refractivity contribution in [2.45, 2.75) is 33.1 Å². The summed E-state index contributed by atoms with van der Waals surface area (Å²) in [4.78, 5) is 25.5. The Balaban J connectivity index is 1.86. The number of nitrogens with zero attached hydrogens (tertiary/aromatic N) is 1. The zero-order chi connectivity index (χ0) is 16.6. The van der Waals surface area contributed by atoms with Crippen LogP contribution < -0.4 is 5.32 Å². The summed E-state index contributed by atoms with van der Waals surface area (Å²) in [6.07, 6.45) is 1.93. The Hall–Kier alpha value is -2.30. The van der Waals surface area contributed by atoms with Crippen molar-refractivity contribution >= 4 is 22.8 Å². The summed E-state index contributed by atoms with van der Waals surface area (Å²) in [6.45, 7) is 7.63. The van der Waals surface area contributed by atoms with Gasteiger partial charge >= 0.3 is 0 Å². The molecule has 5 nitrogen and oxygen atoms in total. The zero-order valence-corrected chi connectivity index (χ0v) is 13.8. The van der Waals surface area contributed by atoms with E-state index in [1.165, 1.54) is 11.1 Å². The Kier molecular flexibility index (Phi) is 4.11. The topological polar surface area (TPSA) is 62.6 Å². The molecule has 0 spiro atoms. The second-order valence-corrected chi connectivity index (χ2v) is 6.46. The van der Waals surface area contributed by atoms with Gasteiger partial charge in [-0.3, -0.25) is 9.59 Å². The molecule has 23 heavy (non-hydrogen) atoms. The maximum absolute atomic E-state index is 12.4. The zero-order valence-electron chi connectivity index (χ0n) is 13.8. The molecule has 1 aromatic heterocycles. The molecule has 2 aromatic rings. The van der Waals surface area contributed by atoms with Crippen molar-refractivity contribution in [3.05, 3.63) is 35.1 Å². The monoisotopic (exact) mass is 314 g/mol. The number of furan rings is 1. The van der Waals surface area contributed by atoms with E-state index in [9.17, 15) is 9.59 Å². The summed E-state index contributed by atoms with van der Waals surface area (Å²) in [5.74, 6) is 0.289. The van der Waals surface area contributed by atoms with E-state index >= 15 is 0 Å². The lowest BCUT2D eigenvalue weighted by Crippen LogP contribution is -2.50. The lowest BCUT2D eigenvalue weighted by Gasteiger charge is -2.26. The number of carbonyl (C=O) groups is 2. The number of carbonyl (C=O) groups excluding carboxylic acids is 2. The number of fused-ring (bicyclic) bond motifs is 1. The van der Waals surface area contributed by atoms with Crippen LogP contribution in [-0.4, -0.2) is 36.3 Å². The van der Waals surface area contributed by atoms with Gasteiger partial charge in [0.25, 0.3) is 0 Å². The lowest BCUT2D eigenvalue weighted by molar-refractivity contribution is -0.137. The number of amides is 2. The molecule has 0 aliphatic carbocycles. The van der Waals surface area contributed by atoms with E-state index in [-0.39, 0.29) is 24.8 Å². The molecule has 0 radical (unpaired) electrons. The number of hydrogen-bond donors (Lipinski definition) is 1. The quantitative estimate of drug-likeness (QED) is 0.946. The number of rotatable bonds is 3. The summed E-state index contributed by atoms with van der Waals surface area (Å²) in [5.41, 5.74) is 4.17. The number of nitrogens with one attached hydrogen (secondary N) is 1. The Morgan fingerprint density at radius 3 is 2.87 bits per heavy atom. The molecule has 122 valence electrons. The Morgan fingerprint density at radius 1 is 1.39 bits per heavy atom. The molecule has 2 heterocycles. The highest BCUT2D eigenvalue weighted by Gasteiger charge is 2.22. The van der Waals surface area contributed by atoms with Gasteiger partial charge in [-0.15, -0.1) is 0 Å². The van der Waals surface area contributed by atoms with E-state index in [0.717, 1.165) is 16.5 Å². The fourth-order valence-electron chi connectivity index (χ4n) is 3.13. The maximum atomic E-state index is 12.4. The maximum Gasteiger partial charge on any atom is 0.239 e. The molecule has 1 saturated heterocycles. The van der Waals surface area contributed by atoms with Crippen LogP contribution >= 0.6 is 0 Å². The van der Waals surface area contributed by atoms with Crippen LogP contribution in [0.25, 0.3) is 11.0 Å². The van der Waals surface area contributed by atoms with Crippen molar-refractivity contribution in [1.82, 2.24) is 10.2 Å². The van der Waals surface area contributed by atoms with Gasteiger partial charge in [0.05, 0.1) is 19.2 Å². The number of aryl methyl sites for hydroxylation is 1. The summed E-state index contributed by atoms with van der Waals surface area (Å²) >= 11 is 0. The molecule has 1 aliphatic rings. The minimum atomic E-state index is -0.0978. The highest BCUT2D eigenvalue weighted by molar-refractivity contribution is 5.91. The first-order valence-electron chi connectivity index (χ1n) is 8.01. The highest BCUT2D eigenvalue weighted by Crippen LogP contribution is 2.29. The molecule has 1 aliphatic heterocycles. The van der Waals surface area contributed by atoms with Crippen LogP contribution in [0, 0.1) is 6.92 Å². The van der Waals surface area contributed by atoms with E-state index in [0.29, 0.717) is 19.0 Å². The predicted octanol–water partition coefficient (Wildman–Crippen LogP) is 2.37. The van der Waals surface area contributed by atoms with Crippen LogP contribution in [-0.2, 0) is 16.0 Å². The fraction of sp³-hybridized carbons (Fsp3) is 0.444. The third kappa shape index (κ3) is 3.09. The fourth-order valence-corrected chi connectivity index (χ4v) is 3.13.